The maximum Gasteiger partial charge on any atom is 0.262 e. The van der Waals surface area contributed by atoms with Crippen LogP contribution in [0.25, 0.3) is 0 Å². The predicted molar refractivity (Wildman–Crippen MR) is 86.2 cm³/mol. The van der Waals surface area contributed by atoms with Gasteiger partial charge in [0.2, 0.25) is 0 Å². The van der Waals surface area contributed by atoms with Gasteiger partial charge in [-0.1, -0.05) is 23.7 Å². The minimum Gasteiger partial charge on any atom is -0.316 e. The molecule has 2 aromatic carbocycles. The van der Waals surface area contributed by atoms with E-state index < -0.39 is 10.0 Å². The first-order valence-electron chi connectivity index (χ1n) is 6.45. The van der Waals surface area contributed by atoms with Gasteiger partial charge in [-0.25, -0.2) is 8.42 Å². The SMILES string of the molecule is CNCc1cccc(S(=O)(=O)Nc2ccc(Cl)cc2)c1C. The summed E-state index contributed by atoms with van der Waals surface area (Å²) < 4.78 is 27.6. The second-order valence-electron chi connectivity index (χ2n) is 4.68. The van der Waals surface area contributed by atoms with Gasteiger partial charge in [0, 0.05) is 17.3 Å². The van der Waals surface area contributed by atoms with Crippen LogP contribution in [-0.2, 0) is 16.6 Å². The summed E-state index contributed by atoms with van der Waals surface area (Å²) in [6.45, 7) is 2.43. The van der Waals surface area contributed by atoms with E-state index in [4.69, 9.17) is 11.6 Å². The monoisotopic (exact) mass is 324 g/mol. The van der Waals surface area contributed by atoms with Crippen LogP contribution in [0.1, 0.15) is 11.1 Å². The molecule has 6 heteroatoms. The van der Waals surface area contributed by atoms with Gasteiger partial charge in [-0.15, -0.1) is 0 Å². The Morgan fingerprint density at radius 3 is 2.38 bits per heavy atom. The quantitative estimate of drug-likeness (QED) is 0.888. The molecule has 0 aromatic heterocycles. The topological polar surface area (TPSA) is 58.2 Å². The fourth-order valence-electron chi connectivity index (χ4n) is 2.06. The van der Waals surface area contributed by atoms with Gasteiger partial charge in [0.05, 0.1) is 4.90 Å². The number of nitrogens with one attached hydrogen (secondary N) is 2. The van der Waals surface area contributed by atoms with Gasteiger partial charge in [-0.2, -0.15) is 0 Å². The number of benzene rings is 2. The Morgan fingerprint density at radius 1 is 1.10 bits per heavy atom. The summed E-state index contributed by atoms with van der Waals surface area (Å²) in [6, 6.07) is 11.8. The highest BCUT2D eigenvalue weighted by molar-refractivity contribution is 7.92. The summed E-state index contributed by atoms with van der Waals surface area (Å²) in [4.78, 5) is 0.283. The van der Waals surface area contributed by atoms with Gasteiger partial charge in [0.1, 0.15) is 0 Å². The summed E-state index contributed by atoms with van der Waals surface area (Å²) in [5, 5.41) is 3.59. The molecule has 2 N–H and O–H groups in total. The van der Waals surface area contributed by atoms with E-state index in [0.717, 1.165) is 11.1 Å². The first kappa shape index (κ1) is 15.8. The van der Waals surface area contributed by atoms with Crippen molar-refractivity contribution in [2.75, 3.05) is 11.8 Å². The second-order valence-corrected chi connectivity index (χ2v) is 6.77. The molecule has 112 valence electrons. The van der Waals surface area contributed by atoms with Crippen molar-refractivity contribution in [3.63, 3.8) is 0 Å². The van der Waals surface area contributed by atoms with Crippen molar-refractivity contribution in [2.45, 2.75) is 18.4 Å². The summed E-state index contributed by atoms with van der Waals surface area (Å²) >= 11 is 5.80. The average molecular weight is 325 g/mol. The van der Waals surface area contributed by atoms with Crippen LogP contribution in [-0.4, -0.2) is 15.5 Å². The van der Waals surface area contributed by atoms with Crippen LogP contribution in [0.15, 0.2) is 47.4 Å². The lowest BCUT2D eigenvalue weighted by molar-refractivity contribution is 0.600. The second kappa shape index (κ2) is 6.47. The standard InChI is InChI=1S/C15H17ClN2O2S/c1-11-12(10-17-2)4-3-5-15(11)21(19,20)18-14-8-6-13(16)7-9-14/h3-9,17-18H,10H2,1-2H3. The van der Waals surface area contributed by atoms with Crippen LogP contribution in [0.3, 0.4) is 0 Å². The van der Waals surface area contributed by atoms with E-state index in [1.807, 2.05) is 20.0 Å². The molecule has 0 unspecified atom stereocenters. The van der Waals surface area contributed by atoms with Crippen LogP contribution >= 0.6 is 11.6 Å². The van der Waals surface area contributed by atoms with Crippen molar-refractivity contribution >= 4 is 27.3 Å². The molecule has 0 bridgehead atoms. The Balaban J connectivity index is 2.35. The van der Waals surface area contributed by atoms with Gasteiger partial charge in [0.25, 0.3) is 10.0 Å². The van der Waals surface area contributed by atoms with Crippen molar-refractivity contribution < 1.29 is 8.42 Å². The molecule has 0 radical (unpaired) electrons. The number of sulfonamides is 1. The molecule has 0 fully saturated rings. The third kappa shape index (κ3) is 3.75. The number of halogens is 1. The Morgan fingerprint density at radius 2 is 1.76 bits per heavy atom. The first-order chi connectivity index (χ1) is 9.94. The fourth-order valence-corrected chi connectivity index (χ4v) is 3.54. The van der Waals surface area contributed by atoms with Crippen LogP contribution in [0.4, 0.5) is 5.69 Å². The zero-order valence-electron chi connectivity index (χ0n) is 11.9. The number of hydrogen-bond donors (Lipinski definition) is 2. The lowest BCUT2D eigenvalue weighted by Crippen LogP contribution is -2.16. The number of hydrogen-bond acceptors (Lipinski definition) is 3. The van der Waals surface area contributed by atoms with Crippen molar-refractivity contribution in [3.8, 4) is 0 Å². The Labute approximate surface area is 130 Å². The van der Waals surface area contributed by atoms with Gasteiger partial charge < -0.3 is 5.32 Å². The Hall–Kier alpha value is -1.56. The maximum atomic E-state index is 12.5. The molecule has 0 saturated carbocycles. The van der Waals surface area contributed by atoms with Crippen molar-refractivity contribution in [1.82, 2.24) is 5.32 Å². The van der Waals surface area contributed by atoms with Gasteiger partial charge in [0.15, 0.2) is 0 Å². The highest BCUT2D eigenvalue weighted by atomic mass is 35.5. The van der Waals surface area contributed by atoms with Crippen molar-refractivity contribution in [3.05, 3.63) is 58.6 Å². The molecule has 0 aliphatic rings. The number of rotatable bonds is 5. The molecule has 0 aliphatic carbocycles. The lowest BCUT2D eigenvalue weighted by Gasteiger charge is -2.13. The summed E-state index contributed by atoms with van der Waals surface area (Å²) in [6.07, 6.45) is 0. The summed E-state index contributed by atoms with van der Waals surface area (Å²) in [5.74, 6) is 0. The molecule has 2 rings (SSSR count). The smallest absolute Gasteiger partial charge is 0.262 e. The van der Waals surface area contributed by atoms with Gasteiger partial charge in [-0.05, 0) is 55.4 Å². The average Bonchev–Trinajstić information content (AvgIpc) is 2.43. The van der Waals surface area contributed by atoms with E-state index in [1.165, 1.54) is 0 Å². The third-order valence-corrected chi connectivity index (χ3v) is 4.93. The highest BCUT2D eigenvalue weighted by Crippen LogP contribution is 2.22. The van der Waals surface area contributed by atoms with Crippen LogP contribution in [0.2, 0.25) is 5.02 Å². The highest BCUT2D eigenvalue weighted by Gasteiger charge is 2.18. The van der Waals surface area contributed by atoms with Crippen molar-refractivity contribution in [1.29, 1.82) is 0 Å². The molecule has 0 atom stereocenters. The maximum absolute atomic E-state index is 12.5. The van der Waals surface area contributed by atoms with Crippen LogP contribution in [0.5, 0.6) is 0 Å². The summed E-state index contributed by atoms with van der Waals surface area (Å²) in [7, 11) is -1.79. The van der Waals surface area contributed by atoms with E-state index >= 15 is 0 Å². The summed E-state index contributed by atoms with van der Waals surface area (Å²) in [5.41, 5.74) is 2.18. The molecule has 0 heterocycles. The van der Waals surface area contributed by atoms with Crippen LogP contribution < -0.4 is 10.0 Å². The van der Waals surface area contributed by atoms with E-state index in [-0.39, 0.29) is 4.90 Å². The zero-order chi connectivity index (χ0) is 15.5. The Kier molecular flexibility index (Phi) is 4.88. The predicted octanol–water partition coefficient (Wildman–Crippen LogP) is 3.17. The molecular formula is C15H17ClN2O2S. The molecule has 0 saturated heterocycles. The van der Waals surface area contributed by atoms with Crippen LogP contribution in [0, 0.1) is 6.92 Å². The minimum atomic E-state index is -3.62. The van der Waals surface area contributed by atoms with E-state index in [0.29, 0.717) is 17.3 Å². The Bertz CT molecular complexity index is 728. The normalized spacial score (nSPS) is 11.4. The van der Waals surface area contributed by atoms with Gasteiger partial charge >= 0.3 is 0 Å². The molecule has 4 nitrogen and oxygen atoms in total. The van der Waals surface area contributed by atoms with E-state index in [9.17, 15) is 8.42 Å². The number of anilines is 1. The molecule has 0 aliphatic heterocycles. The molecule has 2 aromatic rings. The third-order valence-electron chi connectivity index (χ3n) is 3.15. The fraction of sp³-hybridized carbons (Fsp3) is 0.200. The zero-order valence-corrected chi connectivity index (χ0v) is 13.4. The largest absolute Gasteiger partial charge is 0.316 e. The molecule has 0 amide bonds. The molecule has 21 heavy (non-hydrogen) atoms. The minimum absolute atomic E-state index is 0.283. The van der Waals surface area contributed by atoms with Gasteiger partial charge in [-0.3, -0.25) is 4.72 Å². The molecule has 0 spiro atoms. The van der Waals surface area contributed by atoms with E-state index in [2.05, 4.69) is 10.0 Å². The lowest BCUT2D eigenvalue weighted by atomic mass is 10.1. The first-order valence-corrected chi connectivity index (χ1v) is 8.31. The van der Waals surface area contributed by atoms with E-state index in [1.54, 1.807) is 36.4 Å². The molecular weight excluding hydrogens is 308 g/mol. The van der Waals surface area contributed by atoms with Crippen molar-refractivity contribution in [2.24, 2.45) is 0 Å².